The molecule has 4 heteroatoms. The molecule has 0 aliphatic carbocycles. The maximum Gasteiger partial charge on any atom is 0.255 e. The van der Waals surface area contributed by atoms with Gasteiger partial charge < -0.3 is 15.7 Å². The van der Waals surface area contributed by atoms with E-state index in [9.17, 15) is 4.79 Å². The zero-order valence-corrected chi connectivity index (χ0v) is 7.61. The predicted octanol–water partition coefficient (Wildman–Crippen LogP) is 0.676. The quantitative estimate of drug-likeness (QED) is 0.624. The predicted molar refractivity (Wildman–Crippen MR) is 50.5 cm³/mol. The lowest BCUT2D eigenvalue weighted by atomic mass is 10.1. The van der Waals surface area contributed by atoms with E-state index < -0.39 is 0 Å². The van der Waals surface area contributed by atoms with E-state index in [2.05, 4.69) is 0 Å². The second-order valence-electron chi connectivity index (χ2n) is 2.97. The van der Waals surface area contributed by atoms with Crippen LogP contribution in [0.4, 0.5) is 5.69 Å². The van der Waals surface area contributed by atoms with Crippen LogP contribution in [0.5, 0.6) is 5.75 Å². The third-order valence-electron chi connectivity index (χ3n) is 1.67. The van der Waals surface area contributed by atoms with Crippen molar-refractivity contribution >= 4 is 11.6 Å². The minimum atomic E-state index is -0.169. The first kappa shape index (κ1) is 9.38. The number of hydrogen-bond donors (Lipinski definition) is 2. The molecule has 0 heterocycles. The molecule has 1 rings (SSSR count). The summed E-state index contributed by atoms with van der Waals surface area (Å²) in [5, 5.41) is 9.05. The summed E-state index contributed by atoms with van der Waals surface area (Å²) in [6.45, 7) is 0. The smallest absolute Gasteiger partial charge is 0.255 e. The lowest BCUT2D eigenvalue weighted by molar-refractivity contribution is 0.0828. The van der Waals surface area contributed by atoms with E-state index in [-0.39, 0.29) is 11.7 Å². The van der Waals surface area contributed by atoms with Gasteiger partial charge in [0.2, 0.25) is 0 Å². The molecule has 1 amide bonds. The van der Waals surface area contributed by atoms with Gasteiger partial charge >= 0.3 is 0 Å². The summed E-state index contributed by atoms with van der Waals surface area (Å²) in [6.07, 6.45) is 0. The van der Waals surface area contributed by atoms with Gasteiger partial charge in [-0.15, -0.1) is 0 Å². The molecule has 0 aromatic heterocycles. The Kier molecular flexibility index (Phi) is 2.41. The van der Waals surface area contributed by atoms with Crippen molar-refractivity contribution in [1.29, 1.82) is 0 Å². The van der Waals surface area contributed by atoms with Gasteiger partial charge in [0.15, 0.2) is 0 Å². The fourth-order valence-corrected chi connectivity index (χ4v) is 0.986. The zero-order valence-electron chi connectivity index (χ0n) is 7.61. The number of carbonyl (C=O) groups is 1. The fourth-order valence-electron chi connectivity index (χ4n) is 0.986. The van der Waals surface area contributed by atoms with E-state index in [0.29, 0.717) is 11.3 Å². The number of nitrogen functional groups attached to an aromatic ring is 1. The number of phenolic OH excluding ortho intramolecular Hbond substituents is 1. The summed E-state index contributed by atoms with van der Waals surface area (Å²) < 4.78 is 0. The largest absolute Gasteiger partial charge is 0.508 e. The number of nitrogens with zero attached hydrogens (tertiary/aromatic N) is 1. The highest BCUT2D eigenvalue weighted by atomic mass is 16.3. The number of anilines is 1. The Morgan fingerprint density at radius 2 is 2.08 bits per heavy atom. The molecule has 70 valence electrons. The number of amides is 1. The maximum atomic E-state index is 11.4. The van der Waals surface area contributed by atoms with Crippen LogP contribution < -0.4 is 5.73 Å². The third-order valence-corrected chi connectivity index (χ3v) is 1.67. The van der Waals surface area contributed by atoms with Crippen LogP contribution in [-0.2, 0) is 0 Å². The summed E-state index contributed by atoms with van der Waals surface area (Å²) >= 11 is 0. The normalized spacial score (nSPS) is 9.69. The molecule has 13 heavy (non-hydrogen) atoms. The van der Waals surface area contributed by atoms with Crippen LogP contribution in [0.3, 0.4) is 0 Å². The molecule has 4 nitrogen and oxygen atoms in total. The summed E-state index contributed by atoms with van der Waals surface area (Å²) in [5.74, 6) is -0.106. The monoisotopic (exact) mass is 180 g/mol. The van der Waals surface area contributed by atoms with E-state index in [1.165, 1.54) is 23.1 Å². The molecule has 0 spiro atoms. The highest BCUT2D eigenvalue weighted by Gasteiger charge is 2.11. The molecule has 0 atom stereocenters. The second kappa shape index (κ2) is 3.35. The maximum absolute atomic E-state index is 11.4. The van der Waals surface area contributed by atoms with Gasteiger partial charge in [-0.1, -0.05) is 0 Å². The number of rotatable bonds is 1. The van der Waals surface area contributed by atoms with Crippen molar-refractivity contribution < 1.29 is 9.90 Å². The molecule has 0 saturated carbocycles. The standard InChI is InChI=1S/C9H12N2O2/c1-11(2)9(13)7-4-3-6(12)5-8(7)10/h3-5,12H,10H2,1-2H3. The fraction of sp³-hybridized carbons (Fsp3) is 0.222. The van der Waals surface area contributed by atoms with Gasteiger partial charge in [-0.05, 0) is 12.1 Å². The molecule has 0 radical (unpaired) electrons. The lowest BCUT2D eigenvalue weighted by Crippen LogP contribution is -2.22. The molecular weight excluding hydrogens is 168 g/mol. The number of benzene rings is 1. The van der Waals surface area contributed by atoms with Gasteiger partial charge in [0.05, 0.1) is 5.56 Å². The SMILES string of the molecule is CN(C)C(=O)c1ccc(O)cc1N. The Hall–Kier alpha value is -1.71. The van der Waals surface area contributed by atoms with Crippen LogP contribution in [0, 0.1) is 0 Å². The van der Waals surface area contributed by atoms with Gasteiger partial charge in [0.25, 0.3) is 5.91 Å². The molecule has 0 aliphatic heterocycles. The summed E-state index contributed by atoms with van der Waals surface area (Å²) in [4.78, 5) is 12.9. The third kappa shape index (κ3) is 1.90. The van der Waals surface area contributed by atoms with Crippen LogP contribution in [0.1, 0.15) is 10.4 Å². The van der Waals surface area contributed by atoms with Gasteiger partial charge in [-0.3, -0.25) is 4.79 Å². The Balaban J connectivity index is 3.09. The van der Waals surface area contributed by atoms with Gasteiger partial charge in [-0.2, -0.15) is 0 Å². The van der Waals surface area contributed by atoms with Gasteiger partial charge in [0.1, 0.15) is 5.75 Å². The molecule has 1 aromatic rings. The minimum absolute atomic E-state index is 0.0628. The van der Waals surface area contributed by atoms with Crippen LogP contribution >= 0.6 is 0 Å². The van der Waals surface area contributed by atoms with Crippen molar-refractivity contribution in [1.82, 2.24) is 4.90 Å². The van der Waals surface area contributed by atoms with E-state index in [0.717, 1.165) is 0 Å². The number of hydrogen-bond acceptors (Lipinski definition) is 3. The molecule has 0 aliphatic rings. The summed E-state index contributed by atoms with van der Waals surface area (Å²) in [6, 6.07) is 4.30. The minimum Gasteiger partial charge on any atom is -0.508 e. The van der Waals surface area contributed by atoms with E-state index in [1.807, 2.05) is 0 Å². The van der Waals surface area contributed by atoms with E-state index >= 15 is 0 Å². The average molecular weight is 180 g/mol. The zero-order chi connectivity index (χ0) is 10.0. The topological polar surface area (TPSA) is 66.6 Å². The lowest BCUT2D eigenvalue weighted by Gasteiger charge is -2.11. The Morgan fingerprint density at radius 1 is 1.46 bits per heavy atom. The summed E-state index contributed by atoms with van der Waals surface area (Å²) in [5.41, 5.74) is 6.25. The number of nitrogens with two attached hydrogens (primary N) is 1. The molecule has 0 fully saturated rings. The molecule has 3 N–H and O–H groups in total. The Bertz CT molecular complexity index is 334. The van der Waals surface area contributed by atoms with Crippen molar-refractivity contribution in [3.8, 4) is 5.75 Å². The highest BCUT2D eigenvalue weighted by Crippen LogP contribution is 2.19. The van der Waals surface area contributed by atoms with E-state index in [4.69, 9.17) is 10.8 Å². The molecule has 1 aromatic carbocycles. The molecule has 0 bridgehead atoms. The van der Waals surface area contributed by atoms with Crippen molar-refractivity contribution in [2.24, 2.45) is 0 Å². The van der Waals surface area contributed by atoms with Gasteiger partial charge in [-0.25, -0.2) is 0 Å². The van der Waals surface area contributed by atoms with E-state index in [1.54, 1.807) is 14.1 Å². The molecule has 0 saturated heterocycles. The first-order valence-corrected chi connectivity index (χ1v) is 3.82. The van der Waals surface area contributed by atoms with Crippen LogP contribution in [0.2, 0.25) is 0 Å². The second-order valence-corrected chi connectivity index (χ2v) is 2.97. The number of aromatic hydroxyl groups is 1. The Labute approximate surface area is 76.6 Å². The number of phenols is 1. The van der Waals surface area contributed by atoms with Crippen molar-refractivity contribution in [2.75, 3.05) is 19.8 Å². The van der Waals surface area contributed by atoms with Crippen molar-refractivity contribution in [2.45, 2.75) is 0 Å². The van der Waals surface area contributed by atoms with Crippen molar-refractivity contribution in [3.63, 3.8) is 0 Å². The van der Waals surface area contributed by atoms with Crippen molar-refractivity contribution in [3.05, 3.63) is 23.8 Å². The van der Waals surface area contributed by atoms with Crippen LogP contribution in [-0.4, -0.2) is 30.0 Å². The average Bonchev–Trinajstić information content (AvgIpc) is 2.03. The van der Waals surface area contributed by atoms with Crippen LogP contribution in [0.25, 0.3) is 0 Å². The first-order chi connectivity index (χ1) is 6.02. The summed E-state index contributed by atoms with van der Waals surface area (Å²) in [7, 11) is 3.29. The molecular formula is C9H12N2O2. The van der Waals surface area contributed by atoms with Gasteiger partial charge in [0, 0.05) is 25.8 Å². The highest BCUT2D eigenvalue weighted by molar-refractivity contribution is 5.99. The number of carbonyl (C=O) groups excluding carboxylic acids is 1. The first-order valence-electron chi connectivity index (χ1n) is 3.82. The van der Waals surface area contributed by atoms with Crippen LogP contribution in [0.15, 0.2) is 18.2 Å². The molecule has 0 unspecified atom stereocenters. The Morgan fingerprint density at radius 3 is 2.54 bits per heavy atom.